The highest BCUT2D eigenvalue weighted by Crippen LogP contribution is 2.47. The fourth-order valence-corrected chi connectivity index (χ4v) is 8.62. The molecule has 1 aromatic heterocycles. The summed E-state index contributed by atoms with van der Waals surface area (Å²) in [7, 11) is 0. The largest absolute Gasteiger partial charge is 0.455 e. The monoisotopic (exact) mass is 713 g/mol. The fourth-order valence-electron chi connectivity index (χ4n) is 8.62. The van der Waals surface area contributed by atoms with Crippen molar-refractivity contribution in [3.05, 3.63) is 212 Å². The van der Waals surface area contributed by atoms with E-state index in [0.717, 1.165) is 55.7 Å². The van der Waals surface area contributed by atoms with E-state index in [1.165, 1.54) is 49.0 Å². The summed E-state index contributed by atoms with van der Waals surface area (Å²) in [5, 5.41) is 9.69. The lowest BCUT2D eigenvalue weighted by atomic mass is 9.91. The van der Waals surface area contributed by atoms with Crippen LogP contribution in [0.15, 0.2) is 217 Å². The molecule has 262 valence electrons. The quantitative estimate of drug-likeness (QED) is 0.160. The summed E-state index contributed by atoms with van der Waals surface area (Å²) in [6.07, 6.45) is 0. The number of benzene rings is 10. The van der Waals surface area contributed by atoms with Gasteiger partial charge >= 0.3 is 0 Å². The van der Waals surface area contributed by atoms with E-state index in [-0.39, 0.29) is 0 Å². The van der Waals surface area contributed by atoms with E-state index in [4.69, 9.17) is 4.42 Å². The average molecular weight is 714 g/mol. The van der Waals surface area contributed by atoms with Gasteiger partial charge in [-0.25, -0.2) is 0 Å². The number of nitrogens with zero attached hydrogens (tertiary/aromatic N) is 1. The Morgan fingerprint density at radius 3 is 1.70 bits per heavy atom. The molecule has 2 heteroatoms. The van der Waals surface area contributed by atoms with Gasteiger partial charge in [-0.1, -0.05) is 170 Å². The van der Waals surface area contributed by atoms with Crippen LogP contribution in [-0.2, 0) is 0 Å². The first kappa shape index (κ1) is 32.0. The third kappa shape index (κ3) is 5.26. The predicted octanol–water partition coefficient (Wildman–Crippen LogP) is 15.5. The number of furan rings is 1. The number of fused-ring (bicyclic) bond motifs is 7. The van der Waals surface area contributed by atoms with E-state index in [0.29, 0.717) is 0 Å². The van der Waals surface area contributed by atoms with Crippen molar-refractivity contribution in [2.75, 3.05) is 4.90 Å². The van der Waals surface area contributed by atoms with Crippen LogP contribution in [0.2, 0.25) is 0 Å². The lowest BCUT2D eigenvalue weighted by Gasteiger charge is -2.30. The van der Waals surface area contributed by atoms with Gasteiger partial charge in [0, 0.05) is 33.2 Å². The van der Waals surface area contributed by atoms with E-state index in [1.54, 1.807) is 0 Å². The molecule has 0 aliphatic heterocycles. The molecule has 1 heterocycles. The summed E-state index contributed by atoms with van der Waals surface area (Å²) >= 11 is 0. The van der Waals surface area contributed by atoms with Crippen LogP contribution in [0, 0.1) is 0 Å². The van der Waals surface area contributed by atoms with Crippen molar-refractivity contribution in [3.8, 4) is 33.4 Å². The third-order valence-electron chi connectivity index (χ3n) is 11.2. The molecule has 0 amide bonds. The van der Waals surface area contributed by atoms with Gasteiger partial charge in [0.1, 0.15) is 11.2 Å². The molecule has 10 aromatic carbocycles. The van der Waals surface area contributed by atoms with Crippen molar-refractivity contribution < 1.29 is 4.42 Å². The average Bonchev–Trinajstić information content (AvgIpc) is 3.66. The van der Waals surface area contributed by atoms with Crippen LogP contribution in [0.25, 0.3) is 87.6 Å². The number of anilines is 3. The van der Waals surface area contributed by atoms with Crippen molar-refractivity contribution >= 4 is 71.3 Å². The third-order valence-corrected chi connectivity index (χ3v) is 11.2. The first-order valence-electron chi connectivity index (χ1n) is 19.2. The Morgan fingerprint density at radius 1 is 0.304 bits per heavy atom. The Balaban J connectivity index is 1.14. The van der Waals surface area contributed by atoms with Gasteiger partial charge in [-0.3, -0.25) is 0 Å². The molecule has 0 aliphatic carbocycles. The van der Waals surface area contributed by atoms with Gasteiger partial charge in [0.05, 0.1) is 11.4 Å². The fraction of sp³-hybridized carbons (Fsp3) is 0. The summed E-state index contributed by atoms with van der Waals surface area (Å²) in [6, 6.07) is 76.6. The summed E-state index contributed by atoms with van der Waals surface area (Å²) in [4.78, 5) is 2.44. The standard InChI is InChI=1S/C54H35NO/c1-2-15-38-34-40(29-28-36(38)14-1)43-18-7-10-25-51(43)55(41-32-30-37(31-33-41)44-23-13-24-49-48-22-9-12-27-53(48)56-54(44)49)52-26-11-8-21-47(52)50-35-39-16-3-4-17-42(39)45-19-5-6-20-46(45)50/h1-35H. The summed E-state index contributed by atoms with van der Waals surface area (Å²) in [6.45, 7) is 0. The van der Waals surface area contributed by atoms with Crippen LogP contribution in [0.4, 0.5) is 17.1 Å². The van der Waals surface area contributed by atoms with Gasteiger partial charge in [0.25, 0.3) is 0 Å². The maximum atomic E-state index is 6.47. The van der Waals surface area contributed by atoms with Crippen molar-refractivity contribution in [1.29, 1.82) is 0 Å². The first-order chi connectivity index (χ1) is 27.8. The number of hydrogen-bond acceptors (Lipinski definition) is 2. The van der Waals surface area contributed by atoms with Crippen molar-refractivity contribution in [2.45, 2.75) is 0 Å². The lowest BCUT2D eigenvalue weighted by molar-refractivity contribution is 0.670. The highest BCUT2D eigenvalue weighted by atomic mass is 16.3. The number of hydrogen-bond donors (Lipinski definition) is 0. The zero-order chi connectivity index (χ0) is 37.0. The molecule has 0 bridgehead atoms. The Hall–Kier alpha value is -7.42. The van der Waals surface area contributed by atoms with Crippen LogP contribution in [-0.4, -0.2) is 0 Å². The molecule has 0 fully saturated rings. The van der Waals surface area contributed by atoms with Gasteiger partial charge in [-0.05, 0) is 91.5 Å². The second-order valence-electron chi connectivity index (χ2n) is 14.4. The molecule has 0 saturated carbocycles. The van der Waals surface area contributed by atoms with E-state index in [9.17, 15) is 0 Å². The maximum absolute atomic E-state index is 6.47. The van der Waals surface area contributed by atoms with Gasteiger partial charge in [0.15, 0.2) is 0 Å². The Labute approximate surface area is 325 Å². The summed E-state index contributed by atoms with van der Waals surface area (Å²) in [5.41, 5.74) is 12.0. The number of para-hydroxylation sites is 4. The van der Waals surface area contributed by atoms with Crippen LogP contribution in [0.3, 0.4) is 0 Å². The highest BCUT2D eigenvalue weighted by Gasteiger charge is 2.22. The van der Waals surface area contributed by atoms with Crippen molar-refractivity contribution in [1.82, 2.24) is 0 Å². The minimum Gasteiger partial charge on any atom is -0.455 e. The zero-order valence-corrected chi connectivity index (χ0v) is 30.6. The molecule has 0 aliphatic rings. The molecule has 11 aromatic rings. The minimum absolute atomic E-state index is 0.904. The molecule has 0 saturated heterocycles. The predicted molar refractivity (Wildman–Crippen MR) is 237 cm³/mol. The molecule has 0 atom stereocenters. The Bertz CT molecular complexity index is 3260. The van der Waals surface area contributed by atoms with Crippen LogP contribution in [0.1, 0.15) is 0 Å². The Kier molecular flexibility index (Phi) is 7.53. The Morgan fingerprint density at radius 2 is 0.875 bits per heavy atom. The molecule has 0 N–H and O–H groups in total. The van der Waals surface area contributed by atoms with Crippen LogP contribution in [0.5, 0.6) is 0 Å². The summed E-state index contributed by atoms with van der Waals surface area (Å²) < 4.78 is 6.47. The number of rotatable bonds is 6. The molecule has 2 nitrogen and oxygen atoms in total. The van der Waals surface area contributed by atoms with E-state index in [2.05, 4.69) is 205 Å². The molecular formula is C54H35NO. The van der Waals surface area contributed by atoms with Crippen molar-refractivity contribution in [3.63, 3.8) is 0 Å². The molecule has 0 unspecified atom stereocenters. The van der Waals surface area contributed by atoms with Crippen LogP contribution >= 0.6 is 0 Å². The molecular weight excluding hydrogens is 679 g/mol. The van der Waals surface area contributed by atoms with E-state index in [1.807, 2.05) is 12.1 Å². The molecule has 11 rings (SSSR count). The summed E-state index contributed by atoms with van der Waals surface area (Å²) in [5.74, 6) is 0. The zero-order valence-electron chi connectivity index (χ0n) is 30.6. The topological polar surface area (TPSA) is 16.4 Å². The van der Waals surface area contributed by atoms with Gasteiger partial charge in [-0.15, -0.1) is 0 Å². The minimum atomic E-state index is 0.904. The van der Waals surface area contributed by atoms with E-state index >= 15 is 0 Å². The normalized spacial score (nSPS) is 11.6. The molecule has 0 spiro atoms. The molecule has 56 heavy (non-hydrogen) atoms. The van der Waals surface area contributed by atoms with Crippen molar-refractivity contribution in [2.24, 2.45) is 0 Å². The van der Waals surface area contributed by atoms with E-state index < -0.39 is 0 Å². The SMILES string of the molecule is c1ccc(N(c2ccc(-c3cccc4c3oc3ccccc34)cc2)c2ccccc2-c2cc3ccccc3c3ccccc23)c(-c2ccc3ccccc3c2)c1. The highest BCUT2D eigenvalue weighted by molar-refractivity contribution is 6.15. The maximum Gasteiger partial charge on any atom is 0.143 e. The van der Waals surface area contributed by atoms with Crippen LogP contribution < -0.4 is 4.90 Å². The van der Waals surface area contributed by atoms with Gasteiger partial charge < -0.3 is 9.32 Å². The van der Waals surface area contributed by atoms with Gasteiger partial charge in [0.2, 0.25) is 0 Å². The van der Waals surface area contributed by atoms with Gasteiger partial charge in [-0.2, -0.15) is 0 Å². The smallest absolute Gasteiger partial charge is 0.143 e. The first-order valence-corrected chi connectivity index (χ1v) is 19.2. The second kappa shape index (κ2) is 13.2. The molecule has 0 radical (unpaired) electrons. The lowest BCUT2D eigenvalue weighted by Crippen LogP contribution is -2.12. The second-order valence-corrected chi connectivity index (χ2v) is 14.4.